The van der Waals surface area contributed by atoms with E-state index in [2.05, 4.69) is 12.2 Å². The van der Waals surface area contributed by atoms with Crippen molar-refractivity contribution in [3.05, 3.63) is 64.4 Å². The summed E-state index contributed by atoms with van der Waals surface area (Å²) in [6.07, 6.45) is 1.91. The fourth-order valence-electron chi connectivity index (χ4n) is 2.10. The van der Waals surface area contributed by atoms with Crippen LogP contribution < -0.4 is 5.32 Å². The SMILES string of the molecule is CC(CCc1ccc(O)cc1)NCc1ccc(F)cc1Cl. The van der Waals surface area contributed by atoms with E-state index in [4.69, 9.17) is 11.6 Å². The summed E-state index contributed by atoms with van der Waals surface area (Å²) < 4.78 is 13.0. The van der Waals surface area contributed by atoms with E-state index in [9.17, 15) is 9.50 Å². The molecule has 0 aliphatic heterocycles. The highest BCUT2D eigenvalue weighted by molar-refractivity contribution is 6.31. The molecule has 2 aromatic carbocycles. The van der Waals surface area contributed by atoms with Crippen molar-refractivity contribution in [1.29, 1.82) is 0 Å². The minimum atomic E-state index is -0.316. The number of hydrogen-bond acceptors (Lipinski definition) is 2. The number of nitrogens with one attached hydrogen (secondary N) is 1. The van der Waals surface area contributed by atoms with Crippen LogP contribution in [-0.2, 0) is 13.0 Å². The van der Waals surface area contributed by atoms with Crippen LogP contribution >= 0.6 is 11.6 Å². The van der Waals surface area contributed by atoms with Gasteiger partial charge in [-0.15, -0.1) is 0 Å². The van der Waals surface area contributed by atoms with Crippen molar-refractivity contribution in [2.24, 2.45) is 0 Å². The lowest BCUT2D eigenvalue weighted by molar-refractivity contribution is 0.474. The molecule has 0 radical (unpaired) electrons. The molecule has 2 nitrogen and oxygen atoms in total. The van der Waals surface area contributed by atoms with E-state index in [0.29, 0.717) is 17.6 Å². The fourth-order valence-corrected chi connectivity index (χ4v) is 2.33. The molecule has 0 aromatic heterocycles. The topological polar surface area (TPSA) is 32.3 Å². The summed E-state index contributed by atoms with van der Waals surface area (Å²) in [5.74, 6) is -0.0278. The van der Waals surface area contributed by atoms with Gasteiger partial charge in [0, 0.05) is 17.6 Å². The lowest BCUT2D eigenvalue weighted by Crippen LogP contribution is -2.26. The molecule has 112 valence electrons. The number of rotatable bonds is 6. The first-order valence-electron chi connectivity index (χ1n) is 7.00. The molecule has 2 rings (SSSR count). The van der Waals surface area contributed by atoms with Crippen LogP contribution in [0.3, 0.4) is 0 Å². The number of phenols is 1. The predicted molar refractivity (Wildman–Crippen MR) is 84.1 cm³/mol. The highest BCUT2D eigenvalue weighted by Crippen LogP contribution is 2.17. The number of aryl methyl sites for hydroxylation is 1. The van der Waals surface area contributed by atoms with Gasteiger partial charge < -0.3 is 10.4 Å². The second-order valence-corrected chi connectivity index (χ2v) is 5.63. The molecule has 2 aromatic rings. The molecule has 0 saturated carbocycles. The van der Waals surface area contributed by atoms with Gasteiger partial charge in [-0.25, -0.2) is 4.39 Å². The largest absolute Gasteiger partial charge is 0.508 e. The van der Waals surface area contributed by atoms with E-state index < -0.39 is 0 Å². The second kappa shape index (κ2) is 7.43. The van der Waals surface area contributed by atoms with Gasteiger partial charge in [0.1, 0.15) is 11.6 Å². The average Bonchev–Trinajstić information content (AvgIpc) is 2.46. The van der Waals surface area contributed by atoms with Gasteiger partial charge >= 0.3 is 0 Å². The van der Waals surface area contributed by atoms with E-state index >= 15 is 0 Å². The molecule has 2 N–H and O–H groups in total. The molecule has 0 heterocycles. The summed E-state index contributed by atoms with van der Waals surface area (Å²) in [5, 5.41) is 13.1. The lowest BCUT2D eigenvalue weighted by Gasteiger charge is -2.14. The van der Waals surface area contributed by atoms with Gasteiger partial charge in [-0.05, 0) is 55.2 Å². The Morgan fingerprint density at radius 3 is 2.57 bits per heavy atom. The van der Waals surface area contributed by atoms with Crippen molar-refractivity contribution in [3.8, 4) is 5.75 Å². The molecule has 0 aliphatic rings. The Morgan fingerprint density at radius 1 is 1.19 bits per heavy atom. The van der Waals surface area contributed by atoms with Crippen molar-refractivity contribution < 1.29 is 9.50 Å². The van der Waals surface area contributed by atoms with Crippen LogP contribution in [0.15, 0.2) is 42.5 Å². The Morgan fingerprint density at radius 2 is 1.90 bits per heavy atom. The number of hydrogen-bond donors (Lipinski definition) is 2. The van der Waals surface area contributed by atoms with Crippen LogP contribution in [0.2, 0.25) is 5.02 Å². The molecule has 0 saturated heterocycles. The Labute approximate surface area is 129 Å². The fraction of sp³-hybridized carbons (Fsp3) is 0.294. The van der Waals surface area contributed by atoms with E-state index in [0.717, 1.165) is 18.4 Å². The monoisotopic (exact) mass is 307 g/mol. The number of halogens is 2. The van der Waals surface area contributed by atoms with Crippen LogP contribution in [0.4, 0.5) is 4.39 Å². The molecule has 1 atom stereocenters. The Hall–Kier alpha value is -1.58. The van der Waals surface area contributed by atoms with Crippen molar-refractivity contribution in [2.45, 2.75) is 32.4 Å². The maximum atomic E-state index is 13.0. The first kappa shape index (κ1) is 15.8. The molecule has 0 aliphatic carbocycles. The van der Waals surface area contributed by atoms with E-state index in [1.807, 2.05) is 12.1 Å². The van der Waals surface area contributed by atoms with Crippen molar-refractivity contribution in [3.63, 3.8) is 0 Å². The highest BCUT2D eigenvalue weighted by atomic mass is 35.5. The van der Waals surface area contributed by atoms with Crippen LogP contribution in [0.25, 0.3) is 0 Å². The molecule has 21 heavy (non-hydrogen) atoms. The first-order chi connectivity index (χ1) is 10.0. The van der Waals surface area contributed by atoms with Crippen LogP contribution in [0.1, 0.15) is 24.5 Å². The standard InChI is InChI=1S/C17H19ClFNO/c1-12(2-3-13-4-8-16(21)9-5-13)20-11-14-6-7-15(19)10-17(14)18/h4-10,12,20-21H,2-3,11H2,1H3. The van der Waals surface area contributed by atoms with Crippen LogP contribution in [-0.4, -0.2) is 11.1 Å². The Kier molecular flexibility index (Phi) is 5.59. The molecular weight excluding hydrogens is 289 g/mol. The highest BCUT2D eigenvalue weighted by Gasteiger charge is 2.06. The first-order valence-corrected chi connectivity index (χ1v) is 7.37. The maximum Gasteiger partial charge on any atom is 0.124 e. The zero-order valence-corrected chi connectivity index (χ0v) is 12.7. The summed E-state index contributed by atoms with van der Waals surface area (Å²) in [4.78, 5) is 0. The molecule has 0 amide bonds. The van der Waals surface area contributed by atoms with Gasteiger partial charge in [0.15, 0.2) is 0 Å². The Balaban J connectivity index is 1.79. The summed E-state index contributed by atoms with van der Waals surface area (Å²) in [6, 6.07) is 12.0. The number of benzene rings is 2. The van der Waals surface area contributed by atoms with Crippen LogP contribution in [0, 0.1) is 5.82 Å². The Bertz CT molecular complexity index is 586. The maximum absolute atomic E-state index is 13.0. The molecule has 0 fully saturated rings. The van der Waals surface area contributed by atoms with Crippen molar-refractivity contribution in [2.75, 3.05) is 0 Å². The van der Waals surface area contributed by atoms with Crippen LogP contribution in [0.5, 0.6) is 5.75 Å². The minimum Gasteiger partial charge on any atom is -0.508 e. The van der Waals surface area contributed by atoms with Gasteiger partial charge in [-0.1, -0.05) is 29.8 Å². The van der Waals surface area contributed by atoms with Crippen molar-refractivity contribution in [1.82, 2.24) is 5.32 Å². The number of phenolic OH excluding ortho intramolecular Hbond substituents is 1. The summed E-state index contributed by atoms with van der Waals surface area (Å²) >= 11 is 6.00. The van der Waals surface area contributed by atoms with E-state index in [1.54, 1.807) is 18.2 Å². The summed E-state index contributed by atoms with van der Waals surface area (Å²) in [6.45, 7) is 2.73. The molecule has 1 unspecified atom stereocenters. The minimum absolute atomic E-state index is 0.288. The average molecular weight is 308 g/mol. The molecule has 0 spiro atoms. The third-order valence-corrected chi connectivity index (χ3v) is 3.81. The number of aromatic hydroxyl groups is 1. The molecular formula is C17H19ClFNO. The second-order valence-electron chi connectivity index (χ2n) is 5.22. The van der Waals surface area contributed by atoms with E-state index in [-0.39, 0.29) is 11.6 Å². The van der Waals surface area contributed by atoms with Gasteiger partial charge in [-0.3, -0.25) is 0 Å². The lowest BCUT2D eigenvalue weighted by atomic mass is 10.1. The zero-order chi connectivity index (χ0) is 15.2. The smallest absolute Gasteiger partial charge is 0.124 e. The quantitative estimate of drug-likeness (QED) is 0.834. The zero-order valence-electron chi connectivity index (χ0n) is 11.9. The molecule has 4 heteroatoms. The summed E-state index contributed by atoms with van der Waals surface area (Å²) in [7, 11) is 0. The summed E-state index contributed by atoms with van der Waals surface area (Å²) in [5.41, 5.74) is 2.09. The third-order valence-electron chi connectivity index (χ3n) is 3.46. The molecule has 0 bridgehead atoms. The predicted octanol–water partition coefficient (Wildman–Crippen LogP) is 4.30. The third kappa shape index (κ3) is 5.03. The van der Waals surface area contributed by atoms with E-state index in [1.165, 1.54) is 17.7 Å². The van der Waals surface area contributed by atoms with Gasteiger partial charge in [0.05, 0.1) is 0 Å². The normalized spacial score (nSPS) is 12.3. The van der Waals surface area contributed by atoms with Crippen molar-refractivity contribution >= 4 is 11.6 Å². The van der Waals surface area contributed by atoms with Gasteiger partial charge in [-0.2, -0.15) is 0 Å². The van der Waals surface area contributed by atoms with Gasteiger partial charge in [0.25, 0.3) is 0 Å². The van der Waals surface area contributed by atoms with Gasteiger partial charge in [0.2, 0.25) is 0 Å².